The van der Waals surface area contributed by atoms with E-state index in [2.05, 4.69) is 18.7 Å². The molecule has 0 fully saturated rings. The number of para-hydroxylation sites is 1. The third kappa shape index (κ3) is 4.73. The quantitative estimate of drug-likeness (QED) is 0.786. The predicted octanol–water partition coefficient (Wildman–Crippen LogP) is 2.65. The van der Waals surface area contributed by atoms with Gasteiger partial charge in [-0.15, -0.1) is 0 Å². The second-order valence-corrected chi connectivity index (χ2v) is 4.75. The zero-order valence-corrected chi connectivity index (χ0v) is 12.3. The van der Waals surface area contributed by atoms with Gasteiger partial charge in [-0.25, -0.2) is 0 Å². The summed E-state index contributed by atoms with van der Waals surface area (Å²) in [6.07, 6.45) is 0. The highest BCUT2D eigenvalue weighted by atomic mass is 16.5. The molecule has 19 heavy (non-hydrogen) atoms. The second-order valence-electron chi connectivity index (χ2n) is 4.75. The van der Waals surface area contributed by atoms with Crippen LogP contribution in [0.4, 0.5) is 0 Å². The summed E-state index contributed by atoms with van der Waals surface area (Å²) in [5.74, 6) is 0.794. The molecule has 1 rings (SSSR count). The van der Waals surface area contributed by atoms with Crippen LogP contribution in [0, 0.1) is 0 Å². The molecule has 4 nitrogen and oxygen atoms in total. The monoisotopic (exact) mass is 267 g/mol. The first-order valence-electron chi connectivity index (χ1n) is 6.76. The largest absolute Gasteiger partial charge is 0.504 e. The molecule has 0 aliphatic heterocycles. The van der Waals surface area contributed by atoms with E-state index in [1.807, 2.05) is 19.1 Å². The molecule has 0 radical (unpaired) electrons. The summed E-state index contributed by atoms with van der Waals surface area (Å²) in [5.41, 5.74) is 0.885. The zero-order valence-electron chi connectivity index (χ0n) is 12.3. The van der Waals surface area contributed by atoms with Crippen LogP contribution in [0.3, 0.4) is 0 Å². The van der Waals surface area contributed by atoms with E-state index in [-0.39, 0.29) is 5.75 Å². The minimum absolute atomic E-state index is 0.243. The Balaban J connectivity index is 2.81. The van der Waals surface area contributed by atoms with Crippen molar-refractivity contribution in [2.24, 2.45) is 0 Å². The van der Waals surface area contributed by atoms with Gasteiger partial charge in [-0.2, -0.15) is 0 Å². The maximum absolute atomic E-state index is 10.2. The van der Waals surface area contributed by atoms with Crippen molar-refractivity contribution in [2.75, 3.05) is 26.9 Å². The van der Waals surface area contributed by atoms with Crippen LogP contribution in [0.5, 0.6) is 11.5 Å². The molecule has 0 saturated carbocycles. The molecule has 0 aromatic heterocycles. The van der Waals surface area contributed by atoms with Crippen LogP contribution < -0.4 is 4.74 Å². The first-order chi connectivity index (χ1) is 9.10. The molecule has 1 aromatic rings. The number of benzene rings is 1. The van der Waals surface area contributed by atoms with Crippen molar-refractivity contribution in [3.63, 3.8) is 0 Å². The summed E-state index contributed by atoms with van der Waals surface area (Å²) >= 11 is 0. The molecule has 0 heterocycles. The molecular formula is C15H25NO3. The summed E-state index contributed by atoms with van der Waals surface area (Å²) in [4.78, 5) is 2.26. The number of aromatic hydroxyl groups is 1. The molecular weight excluding hydrogens is 242 g/mol. The van der Waals surface area contributed by atoms with Gasteiger partial charge in [0.1, 0.15) is 0 Å². The molecule has 0 amide bonds. The summed E-state index contributed by atoms with van der Waals surface area (Å²) < 4.78 is 10.5. The van der Waals surface area contributed by atoms with E-state index in [9.17, 15) is 5.11 Å². The molecule has 108 valence electrons. The Morgan fingerprint density at radius 1 is 1.32 bits per heavy atom. The minimum Gasteiger partial charge on any atom is -0.504 e. The van der Waals surface area contributed by atoms with Crippen molar-refractivity contribution in [2.45, 2.75) is 33.4 Å². The number of phenols is 1. The van der Waals surface area contributed by atoms with E-state index in [1.165, 1.54) is 0 Å². The van der Waals surface area contributed by atoms with Crippen LogP contribution >= 0.6 is 0 Å². The molecule has 1 N–H and O–H groups in total. The molecule has 0 aliphatic carbocycles. The van der Waals surface area contributed by atoms with E-state index < -0.39 is 0 Å². The predicted molar refractivity (Wildman–Crippen MR) is 76.7 cm³/mol. The molecule has 1 aromatic carbocycles. The average molecular weight is 267 g/mol. The Labute approximate surface area is 115 Å². The molecule has 0 unspecified atom stereocenters. The van der Waals surface area contributed by atoms with E-state index in [4.69, 9.17) is 9.47 Å². The summed E-state index contributed by atoms with van der Waals surface area (Å²) in [6, 6.07) is 6.02. The van der Waals surface area contributed by atoms with Gasteiger partial charge in [-0.05, 0) is 26.8 Å². The zero-order chi connectivity index (χ0) is 14.3. The van der Waals surface area contributed by atoms with Crippen LogP contribution in [-0.2, 0) is 11.3 Å². The van der Waals surface area contributed by atoms with Crippen LogP contribution in [0.2, 0.25) is 0 Å². The van der Waals surface area contributed by atoms with Gasteiger partial charge in [0.05, 0.1) is 13.2 Å². The van der Waals surface area contributed by atoms with E-state index in [0.29, 0.717) is 31.5 Å². The summed E-state index contributed by atoms with van der Waals surface area (Å²) in [6.45, 7) is 8.95. The average Bonchev–Trinajstić information content (AvgIpc) is 2.38. The van der Waals surface area contributed by atoms with Gasteiger partial charge in [-0.3, -0.25) is 4.90 Å². The van der Waals surface area contributed by atoms with Crippen LogP contribution in [0.15, 0.2) is 18.2 Å². The molecule has 0 spiro atoms. The number of nitrogens with zero attached hydrogens (tertiary/aromatic N) is 1. The SMILES string of the molecule is CCOc1cccc(CN(CCOC)C(C)C)c1O. The number of hydrogen-bond donors (Lipinski definition) is 1. The van der Waals surface area contributed by atoms with Gasteiger partial charge in [0.15, 0.2) is 11.5 Å². The first kappa shape index (κ1) is 15.8. The number of hydrogen-bond acceptors (Lipinski definition) is 4. The lowest BCUT2D eigenvalue weighted by atomic mass is 10.1. The third-order valence-electron chi connectivity index (χ3n) is 3.07. The van der Waals surface area contributed by atoms with Crippen molar-refractivity contribution >= 4 is 0 Å². The molecule has 0 atom stereocenters. The normalized spacial score (nSPS) is 11.3. The van der Waals surface area contributed by atoms with Gasteiger partial charge in [-0.1, -0.05) is 12.1 Å². The lowest BCUT2D eigenvalue weighted by molar-refractivity contribution is 0.124. The van der Waals surface area contributed by atoms with Gasteiger partial charge in [0.2, 0.25) is 0 Å². The van der Waals surface area contributed by atoms with Gasteiger partial charge >= 0.3 is 0 Å². The maximum Gasteiger partial charge on any atom is 0.162 e. The second kappa shape index (κ2) is 8.02. The number of phenolic OH excluding ortho intramolecular Hbond substituents is 1. The summed E-state index contributed by atoms with van der Waals surface area (Å²) in [5, 5.41) is 10.2. The highest BCUT2D eigenvalue weighted by Crippen LogP contribution is 2.30. The lowest BCUT2D eigenvalue weighted by Gasteiger charge is -2.26. The molecule has 0 bridgehead atoms. The fourth-order valence-electron chi connectivity index (χ4n) is 1.91. The fraction of sp³-hybridized carbons (Fsp3) is 0.600. The minimum atomic E-state index is 0.243. The van der Waals surface area contributed by atoms with E-state index >= 15 is 0 Å². The van der Waals surface area contributed by atoms with E-state index in [1.54, 1.807) is 13.2 Å². The highest BCUT2D eigenvalue weighted by Gasteiger charge is 2.14. The van der Waals surface area contributed by atoms with Crippen LogP contribution in [0.1, 0.15) is 26.3 Å². The molecule has 4 heteroatoms. The maximum atomic E-state index is 10.2. The Bertz CT molecular complexity index is 380. The number of methoxy groups -OCH3 is 1. The standard InChI is InChI=1S/C15H25NO3/c1-5-19-14-8-6-7-13(15(14)17)11-16(12(2)3)9-10-18-4/h6-8,12,17H,5,9-11H2,1-4H3. The number of ether oxygens (including phenoxy) is 2. The molecule has 0 saturated heterocycles. The van der Waals surface area contributed by atoms with Crippen molar-refractivity contribution in [3.05, 3.63) is 23.8 Å². The van der Waals surface area contributed by atoms with Crippen molar-refractivity contribution in [3.8, 4) is 11.5 Å². The van der Waals surface area contributed by atoms with E-state index in [0.717, 1.165) is 12.1 Å². The smallest absolute Gasteiger partial charge is 0.162 e. The topological polar surface area (TPSA) is 41.9 Å². The van der Waals surface area contributed by atoms with Crippen molar-refractivity contribution < 1.29 is 14.6 Å². The highest BCUT2D eigenvalue weighted by molar-refractivity contribution is 5.45. The van der Waals surface area contributed by atoms with Gasteiger partial charge in [0.25, 0.3) is 0 Å². The van der Waals surface area contributed by atoms with Crippen molar-refractivity contribution in [1.29, 1.82) is 0 Å². The Kier molecular flexibility index (Phi) is 6.67. The lowest BCUT2D eigenvalue weighted by Crippen LogP contribution is -2.33. The first-order valence-corrected chi connectivity index (χ1v) is 6.76. The van der Waals surface area contributed by atoms with Gasteiger partial charge < -0.3 is 14.6 Å². The van der Waals surface area contributed by atoms with Crippen molar-refractivity contribution in [1.82, 2.24) is 4.90 Å². The summed E-state index contributed by atoms with van der Waals surface area (Å²) in [7, 11) is 1.70. The van der Waals surface area contributed by atoms with Crippen LogP contribution in [-0.4, -0.2) is 42.9 Å². The Morgan fingerprint density at radius 2 is 2.05 bits per heavy atom. The Hall–Kier alpha value is -1.26. The molecule has 0 aliphatic rings. The number of rotatable bonds is 8. The van der Waals surface area contributed by atoms with Crippen LogP contribution in [0.25, 0.3) is 0 Å². The fourth-order valence-corrected chi connectivity index (χ4v) is 1.91. The third-order valence-corrected chi connectivity index (χ3v) is 3.07. The van der Waals surface area contributed by atoms with Gasteiger partial charge in [0, 0.05) is 31.8 Å². The Morgan fingerprint density at radius 3 is 2.63 bits per heavy atom.